The van der Waals surface area contributed by atoms with Crippen LogP contribution in [0.4, 0.5) is 17.2 Å². The van der Waals surface area contributed by atoms with Crippen molar-refractivity contribution >= 4 is 17.2 Å². The highest BCUT2D eigenvalue weighted by Gasteiger charge is 2.22. The van der Waals surface area contributed by atoms with Crippen LogP contribution in [0.2, 0.25) is 0 Å². The van der Waals surface area contributed by atoms with E-state index in [1.165, 1.54) is 5.69 Å². The molecule has 2 heterocycles. The normalized spacial score (nSPS) is 14.4. The number of hydrogen-bond acceptors (Lipinski definition) is 5. The molecule has 5 nitrogen and oxygen atoms in total. The number of hydrogen-bond donors (Lipinski definition) is 1. The Morgan fingerprint density at radius 1 is 1.16 bits per heavy atom. The van der Waals surface area contributed by atoms with Crippen LogP contribution in [0.5, 0.6) is 0 Å². The lowest BCUT2D eigenvalue weighted by atomic mass is 10.2. The molecule has 98 valence electrons. The molecular weight excluding hydrogens is 240 g/mol. The van der Waals surface area contributed by atoms with Gasteiger partial charge in [-0.3, -0.25) is 4.98 Å². The van der Waals surface area contributed by atoms with Crippen molar-refractivity contribution in [3.8, 4) is 0 Å². The fourth-order valence-corrected chi connectivity index (χ4v) is 2.35. The zero-order chi connectivity index (χ0) is 13.2. The van der Waals surface area contributed by atoms with E-state index < -0.39 is 0 Å². The van der Waals surface area contributed by atoms with E-state index in [4.69, 9.17) is 5.11 Å². The predicted octanol–water partition coefficient (Wildman–Crippen LogP) is 1.56. The summed E-state index contributed by atoms with van der Waals surface area (Å²) in [5, 5.41) is 9.17. The Morgan fingerprint density at radius 2 is 1.95 bits per heavy atom. The van der Waals surface area contributed by atoms with E-state index in [0.29, 0.717) is 5.69 Å². The molecular formula is C14H16N4O. The zero-order valence-electron chi connectivity index (χ0n) is 10.8. The second kappa shape index (κ2) is 4.85. The van der Waals surface area contributed by atoms with Crippen LogP contribution in [0.25, 0.3) is 0 Å². The van der Waals surface area contributed by atoms with E-state index in [9.17, 15) is 0 Å². The summed E-state index contributed by atoms with van der Waals surface area (Å²) >= 11 is 0. The molecule has 0 bridgehead atoms. The molecule has 0 spiro atoms. The van der Waals surface area contributed by atoms with E-state index in [2.05, 4.69) is 38.9 Å². The molecule has 0 fully saturated rings. The molecule has 0 radical (unpaired) electrons. The molecule has 0 unspecified atom stereocenters. The number of benzene rings is 1. The number of aliphatic hydroxyl groups excluding tert-OH is 1. The number of para-hydroxylation sites is 2. The lowest BCUT2D eigenvalue weighted by molar-refractivity contribution is 0.276. The van der Waals surface area contributed by atoms with Gasteiger partial charge >= 0.3 is 0 Å². The Hall–Kier alpha value is -2.14. The van der Waals surface area contributed by atoms with E-state index in [-0.39, 0.29) is 6.61 Å². The van der Waals surface area contributed by atoms with Crippen molar-refractivity contribution in [1.29, 1.82) is 0 Å². The molecule has 3 rings (SSSR count). The number of nitrogens with zero attached hydrogens (tertiary/aromatic N) is 4. The molecule has 0 atom stereocenters. The summed E-state index contributed by atoms with van der Waals surface area (Å²) in [7, 11) is 2.09. The fourth-order valence-electron chi connectivity index (χ4n) is 2.35. The maximum Gasteiger partial charge on any atom is 0.152 e. The van der Waals surface area contributed by atoms with Gasteiger partial charge in [0.1, 0.15) is 0 Å². The third-order valence-corrected chi connectivity index (χ3v) is 3.35. The Morgan fingerprint density at radius 3 is 2.74 bits per heavy atom. The SMILES string of the molecule is CN1CCN(c2cncc(CO)n2)c2ccccc21. The average Bonchev–Trinajstić information content (AvgIpc) is 2.48. The molecule has 0 saturated heterocycles. The number of fused-ring (bicyclic) bond motifs is 1. The predicted molar refractivity (Wildman–Crippen MR) is 74.7 cm³/mol. The second-order valence-corrected chi connectivity index (χ2v) is 4.59. The Kier molecular flexibility index (Phi) is 3.05. The van der Waals surface area contributed by atoms with Crippen LogP contribution >= 0.6 is 0 Å². The summed E-state index contributed by atoms with van der Waals surface area (Å²) in [6, 6.07) is 8.24. The Balaban J connectivity index is 2.04. The lowest BCUT2D eigenvalue weighted by Crippen LogP contribution is -2.36. The average molecular weight is 256 g/mol. The zero-order valence-corrected chi connectivity index (χ0v) is 10.8. The maximum absolute atomic E-state index is 9.17. The largest absolute Gasteiger partial charge is 0.390 e. The Bertz CT molecular complexity index is 587. The number of likely N-dealkylation sites (N-methyl/N-ethyl adjacent to an activating group) is 1. The van der Waals surface area contributed by atoms with Crippen molar-refractivity contribution in [2.45, 2.75) is 6.61 Å². The number of aliphatic hydroxyl groups is 1. The van der Waals surface area contributed by atoms with Gasteiger partial charge in [0, 0.05) is 20.1 Å². The maximum atomic E-state index is 9.17. The van der Waals surface area contributed by atoms with Crippen LogP contribution in [0.15, 0.2) is 36.7 Å². The van der Waals surface area contributed by atoms with Crippen LogP contribution in [-0.4, -0.2) is 35.2 Å². The fraction of sp³-hybridized carbons (Fsp3) is 0.286. The first kappa shape index (κ1) is 11.9. The van der Waals surface area contributed by atoms with Gasteiger partial charge in [-0.05, 0) is 12.1 Å². The van der Waals surface area contributed by atoms with E-state index in [0.717, 1.165) is 24.6 Å². The molecule has 0 saturated carbocycles. The van der Waals surface area contributed by atoms with Crippen molar-refractivity contribution in [3.05, 3.63) is 42.4 Å². The molecule has 1 N–H and O–H groups in total. The van der Waals surface area contributed by atoms with Gasteiger partial charge in [0.15, 0.2) is 5.82 Å². The van der Waals surface area contributed by atoms with Gasteiger partial charge in [0.2, 0.25) is 0 Å². The smallest absolute Gasteiger partial charge is 0.152 e. The second-order valence-electron chi connectivity index (χ2n) is 4.59. The molecule has 1 aliphatic heterocycles. The first-order chi connectivity index (χ1) is 9.29. The summed E-state index contributed by atoms with van der Waals surface area (Å²) in [6.07, 6.45) is 3.33. The summed E-state index contributed by atoms with van der Waals surface area (Å²) in [6.45, 7) is 1.70. The van der Waals surface area contributed by atoms with Gasteiger partial charge in [0.05, 0.1) is 36.1 Å². The van der Waals surface area contributed by atoms with Crippen molar-refractivity contribution < 1.29 is 5.11 Å². The molecule has 1 aliphatic rings. The van der Waals surface area contributed by atoms with E-state index in [1.807, 2.05) is 12.1 Å². The summed E-state index contributed by atoms with van der Waals surface area (Å²) in [4.78, 5) is 13.0. The van der Waals surface area contributed by atoms with Gasteiger partial charge in [-0.25, -0.2) is 4.98 Å². The third-order valence-electron chi connectivity index (χ3n) is 3.35. The highest BCUT2D eigenvalue weighted by atomic mass is 16.3. The van der Waals surface area contributed by atoms with Crippen molar-refractivity contribution in [2.24, 2.45) is 0 Å². The third kappa shape index (κ3) is 2.13. The summed E-state index contributed by atoms with van der Waals surface area (Å²) in [5.41, 5.74) is 2.90. The van der Waals surface area contributed by atoms with Crippen LogP contribution in [-0.2, 0) is 6.61 Å². The minimum absolute atomic E-state index is 0.0871. The minimum Gasteiger partial charge on any atom is -0.390 e. The van der Waals surface area contributed by atoms with Gasteiger partial charge in [-0.2, -0.15) is 0 Å². The van der Waals surface area contributed by atoms with Crippen LogP contribution in [0.1, 0.15) is 5.69 Å². The highest BCUT2D eigenvalue weighted by molar-refractivity contribution is 5.77. The molecule has 1 aromatic heterocycles. The highest BCUT2D eigenvalue weighted by Crippen LogP contribution is 2.35. The molecule has 1 aromatic carbocycles. The quantitative estimate of drug-likeness (QED) is 0.883. The van der Waals surface area contributed by atoms with Crippen LogP contribution in [0.3, 0.4) is 0 Å². The number of aromatic nitrogens is 2. The Labute approximate surface area is 112 Å². The monoisotopic (exact) mass is 256 g/mol. The molecule has 0 amide bonds. The molecule has 2 aromatic rings. The molecule has 5 heteroatoms. The standard InChI is InChI=1S/C14H16N4O/c1-17-6-7-18(13-5-3-2-4-12(13)17)14-9-15-8-11(10-19)16-14/h2-5,8-9,19H,6-7,10H2,1H3. The van der Waals surface area contributed by atoms with E-state index in [1.54, 1.807) is 12.4 Å². The van der Waals surface area contributed by atoms with Crippen molar-refractivity contribution in [1.82, 2.24) is 9.97 Å². The first-order valence-corrected chi connectivity index (χ1v) is 6.29. The lowest BCUT2D eigenvalue weighted by Gasteiger charge is -2.36. The van der Waals surface area contributed by atoms with Gasteiger partial charge in [0.25, 0.3) is 0 Å². The summed E-state index contributed by atoms with van der Waals surface area (Å²) < 4.78 is 0. The van der Waals surface area contributed by atoms with E-state index >= 15 is 0 Å². The van der Waals surface area contributed by atoms with Gasteiger partial charge in [-0.15, -0.1) is 0 Å². The molecule has 0 aliphatic carbocycles. The van der Waals surface area contributed by atoms with Crippen molar-refractivity contribution in [2.75, 3.05) is 29.9 Å². The number of rotatable bonds is 2. The van der Waals surface area contributed by atoms with Crippen LogP contribution < -0.4 is 9.80 Å². The minimum atomic E-state index is -0.0871. The van der Waals surface area contributed by atoms with Crippen LogP contribution in [0, 0.1) is 0 Å². The van der Waals surface area contributed by atoms with Crippen molar-refractivity contribution in [3.63, 3.8) is 0 Å². The van der Waals surface area contributed by atoms with Gasteiger partial charge < -0.3 is 14.9 Å². The summed E-state index contributed by atoms with van der Waals surface area (Å²) in [5.74, 6) is 0.784. The first-order valence-electron chi connectivity index (χ1n) is 6.29. The topological polar surface area (TPSA) is 52.5 Å². The number of anilines is 3. The molecule has 19 heavy (non-hydrogen) atoms. The van der Waals surface area contributed by atoms with Gasteiger partial charge in [-0.1, -0.05) is 12.1 Å².